The van der Waals surface area contributed by atoms with Gasteiger partial charge in [-0.25, -0.2) is 4.68 Å². The Bertz CT molecular complexity index is 612. The Kier molecular flexibility index (Phi) is 4.18. The van der Waals surface area contributed by atoms with Crippen molar-refractivity contribution in [3.8, 4) is 11.4 Å². The van der Waals surface area contributed by atoms with Crippen molar-refractivity contribution in [2.45, 2.75) is 5.16 Å². The number of benzene rings is 1. The van der Waals surface area contributed by atoms with E-state index in [0.717, 1.165) is 11.8 Å². The molecule has 2 rings (SSSR count). The number of thioether (sulfide) groups is 1. The molecule has 9 heteroatoms. The molecule has 3 N–H and O–H groups in total. The van der Waals surface area contributed by atoms with Gasteiger partial charge >= 0.3 is 5.97 Å². The highest BCUT2D eigenvalue weighted by Crippen LogP contribution is 2.27. The summed E-state index contributed by atoms with van der Waals surface area (Å²) in [7, 11) is 0. The fraction of sp³-hybridized carbons (Fsp3) is 0.100. The Morgan fingerprint density at radius 2 is 1.95 bits per heavy atom. The van der Waals surface area contributed by atoms with Crippen molar-refractivity contribution in [2.75, 3.05) is 11.6 Å². The summed E-state index contributed by atoms with van der Waals surface area (Å²) < 4.78 is 1.20. The van der Waals surface area contributed by atoms with E-state index >= 15 is 0 Å². The number of halogens is 2. The molecule has 2 aromatic rings. The number of carbonyl (C=O) groups is 1. The van der Waals surface area contributed by atoms with Crippen LogP contribution in [0.2, 0.25) is 10.0 Å². The van der Waals surface area contributed by atoms with E-state index in [-0.39, 0.29) is 5.75 Å². The minimum absolute atomic E-state index is 0.147. The molecule has 0 atom stereocenters. The summed E-state index contributed by atoms with van der Waals surface area (Å²) in [5.41, 5.74) is 0.606. The van der Waals surface area contributed by atoms with Crippen LogP contribution in [0.3, 0.4) is 0 Å². The molecule has 0 spiro atoms. The first-order valence-electron chi connectivity index (χ1n) is 4.99. The predicted octanol–water partition coefficient (Wildman–Crippen LogP) is 2.14. The summed E-state index contributed by atoms with van der Waals surface area (Å²) in [6.07, 6.45) is 0. The highest BCUT2D eigenvalue weighted by Gasteiger charge is 2.14. The number of carboxylic acids is 1. The first-order valence-corrected chi connectivity index (χ1v) is 6.73. The smallest absolute Gasteiger partial charge is 0.313 e. The van der Waals surface area contributed by atoms with Crippen LogP contribution >= 0.6 is 35.0 Å². The van der Waals surface area contributed by atoms with E-state index in [1.54, 1.807) is 18.2 Å². The molecular formula is C10H8Cl2N4O2S. The fourth-order valence-corrected chi connectivity index (χ4v) is 2.48. The number of aromatic nitrogens is 3. The lowest BCUT2D eigenvalue weighted by atomic mass is 10.2. The Hall–Kier alpha value is -1.44. The molecule has 0 radical (unpaired) electrons. The molecule has 6 nitrogen and oxygen atoms in total. The molecule has 1 aromatic heterocycles. The van der Waals surface area contributed by atoms with Crippen molar-refractivity contribution in [3.05, 3.63) is 28.2 Å². The van der Waals surface area contributed by atoms with Gasteiger partial charge in [-0.1, -0.05) is 35.0 Å². The van der Waals surface area contributed by atoms with E-state index in [0.29, 0.717) is 26.6 Å². The highest BCUT2D eigenvalue weighted by atomic mass is 35.5. The normalized spacial score (nSPS) is 10.6. The van der Waals surface area contributed by atoms with Crippen LogP contribution in [-0.4, -0.2) is 31.7 Å². The third-order valence-corrected chi connectivity index (χ3v) is 3.47. The zero-order valence-corrected chi connectivity index (χ0v) is 11.7. The van der Waals surface area contributed by atoms with Crippen LogP contribution in [0.15, 0.2) is 23.4 Å². The summed E-state index contributed by atoms with van der Waals surface area (Å²) in [5, 5.41) is 17.5. The molecular weight excluding hydrogens is 311 g/mol. The molecule has 0 aliphatic heterocycles. The second kappa shape index (κ2) is 5.68. The maximum atomic E-state index is 10.5. The van der Waals surface area contributed by atoms with E-state index in [4.69, 9.17) is 34.2 Å². The first-order chi connectivity index (χ1) is 8.97. The number of nitrogens with zero attached hydrogens (tertiary/aromatic N) is 3. The van der Waals surface area contributed by atoms with Gasteiger partial charge in [0.15, 0.2) is 5.82 Å². The lowest BCUT2D eigenvalue weighted by molar-refractivity contribution is -0.133. The summed E-state index contributed by atoms with van der Waals surface area (Å²) in [6.45, 7) is 0. The number of hydrogen-bond donors (Lipinski definition) is 2. The molecule has 100 valence electrons. The molecule has 0 bridgehead atoms. The van der Waals surface area contributed by atoms with Crippen LogP contribution in [0.5, 0.6) is 0 Å². The van der Waals surface area contributed by atoms with Crippen molar-refractivity contribution in [2.24, 2.45) is 0 Å². The zero-order chi connectivity index (χ0) is 14.0. The van der Waals surface area contributed by atoms with Crippen molar-refractivity contribution < 1.29 is 9.90 Å². The maximum absolute atomic E-state index is 10.5. The average Bonchev–Trinajstić information content (AvgIpc) is 2.66. The monoisotopic (exact) mass is 318 g/mol. The SMILES string of the molecule is Nn1c(SCC(=O)O)nnc1-c1cc(Cl)cc(Cl)c1. The van der Waals surface area contributed by atoms with Crippen molar-refractivity contribution >= 4 is 40.9 Å². The molecule has 0 saturated heterocycles. The standard InChI is InChI=1S/C10H8Cl2N4O2S/c11-6-1-5(2-7(12)3-6)9-14-15-10(16(9)13)19-4-8(17)18/h1-3H,4,13H2,(H,17,18). The number of hydrogen-bond acceptors (Lipinski definition) is 5. The second-order valence-electron chi connectivity index (χ2n) is 3.52. The zero-order valence-electron chi connectivity index (χ0n) is 9.38. The van der Waals surface area contributed by atoms with Crippen LogP contribution in [-0.2, 0) is 4.79 Å². The van der Waals surface area contributed by atoms with Crippen LogP contribution in [0.25, 0.3) is 11.4 Å². The predicted molar refractivity (Wildman–Crippen MR) is 74.0 cm³/mol. The van der Waals surface area contributed by atoms with Crippen LogP contribution < -0.4 is 5.84 Å². The Balaban J connectivity index is 2.33. The minimum Gasteiger partial charge on any atom is -0.481 e. The van der Waals surface area contributed by atoms with Gasteiger partial charge in [0.1, 0.15) is 0 Å². The molecule has 0 unspecified atom stereocenters. The lowest BCUT2D eigenvalue weighted by Crippen LogP contribution is -2.12. The second-order valence-corrected chi connectivity index (χ2v) is 5.33. The van der Waals surface area contributed by atoms with Gasteiger partial charge in [-0.05, 0) is 18.2 Å². The third kappa shape index (κ3) is 3.31. The summed E-state index contributed by atoms with van der Waals surface area (Å²) in [6, 6.07) is 4.88. The van der Waals surface area contributed by atoms with Crippen LogP contribution in [0, 0.1) is 0 Å². The molecule has 0 aliphatic carbocycles. The molecule has 0 fully saturated rings. The van der Waals surface area contributed by atoms with E-state index in [9.17, 15) is 4.79 Å². The Morgan fingerprint density at radius 1 is 1.32 bits per heavy atom. The molecule has 0 saturated carbocycles. The number of nitrogen functional groups attached to an aromatic ring is 1. The van der Waals surface area contributed by atoms with Gasteiger partial charge in [0.25, 0.3) is 0 Å². The average molecular weight is 319 g/mol. The van der Waals surface area contributed by atoms with Gasteiger partial charge in [-0.3, -0.25) is 4.79 Å². The van der Waals surface area contributed by atoms with E-state index in [1.807, 2.05) is 0 Å². The quantitative estimate of drug-likeness (QED) is 0.662. The summed E-state index contributed by atoms with van der Waals surface area (Å²) in [4.78, 5) is 10.5. The third-order valence-electron chi connectivity index (χ3n) is 2.11. The van der Waals surface area contributed by atoms with E-state index < -0.39 is 5.97 Å². The van der Waals surface area contributed by atoms with Gasteiger partial charge in [-0.2, -0.15) is 0 Å². The topological polar surface area (TPSA) is 94.0 Å². The van der Waals surface area contributed by atoms with E-state index in [1.165, 1.54) is 4.68 Å². The van der Waals surface area contributed by atoms with Crippen molar-refractivity contribution in [1.29, 1.82) is 0 Å². The fourth-order valence-electron chi connectivity index (χ4n) is 1.38. The highest BCUT2D eigenvalue weighted by molar-refractivity contribution is 7.99. The molecule has 0 amide bonds. The number of carboxylic acid groups (broad SMARTS) is 1. The van der Waals surface area contributed by atoms with Gasteiger partial charge in [0, 0.05) is 15.6 Å². The first kappa shape index (κ1) is 14.0. The minimum atomic E-state index is -0.958. The molecule has 19 heavy (non-hydrogen) atoms. The van der Waals surface area contributed by atoms with Gasteiger partial charge < -0.3 is 10.9 Å². The molecule has 1 heterocycles. The van der Waals surface area contributed by atoms with E-state index in [2.05, 4.69) is 10.2 Å². The van der Waals surface area contributed by atoms with Gasteiger partial charge in [0.05, 0.1) is 5.75 Å². The van der Waals surface area contributed by atoms with Crippen LogP contribution in [0.1, 0.15) is 0 Å². The number of nitrogens with two attached hydrogens (primary N) is 1. The summed E-state index contributed by atoms with van der Waals surface area (Å²) in [5.74, 6) is 5.07. The maximum Gasteiger partial charge on any atom is 0.313 e. The van der Waals surface area contributed by atoms with Crippen LogP contribution in [0.4, 0.5) is 0 Å². The molecule has 0 aliphatic rings. The van der Waals surface area contributed by atoms with Gasteiger partial charge in [-0.15, -0.1) is 10.2 Å². The summed E-state index contributed by atoms with van der Waals surface area (Å²) >= 11 is 12.8. The Morgan fingerprint density at radius 3 is 2.53 bits per heavy atom. The number of rotatable bonds is 4. The molecule has 1 aromatic carbocycles. The van der Waals surface area contributed by atoms with Gasteiger partial charge in [0.2, 0.25) is 5.16 Å². The Labute approximate surface area is 122 Å². The van der Waals surface area contributed by atoms with Crippen molar-refractivity contribution in [3.63, 3.8) is 0 Å². The largest absolute Gasteiger partial charge is 0.481 e. The number of aliphatic carboxylic acids is 1. The van der Waals surface area contributed by atoms with Crippen molar-refractivity contribution in [1.82, 2.24) is 14.9 Å². The lowest BCUT2D eigenvalue weighted by Gasteiger charge is -2.04.